The number of nitrogens with zero attached hydrogens (tertiary/aromatic N) is 1. The molecule has 0 fully saturated rings. The van der Waals surface area contributed by atoms with Crippen molar-refractivity contribution in [2.24, 2.45) is 0 Å². The Balaban J connectivity index is 2.21. The van der Waals surface area contributed by atoms with E-state index in [0.29, 0.717) is 16.9 Å². The molecule has 0 aliphatic carbocycles. The van der Waals surface area contributed by atoms with E-state index in [4.69, 9.17) is 10.00 Å². The molecule has 0 N–H and O–H groups in total. The maximum atomic E-state index is 13.2. The zero-order chi connectivity index (χ0) is 15.4. The number of benzene rings is 2. The largest absolute Gasteiger partial charge is 0.488 e. The molecule has 0 bridgehead atoms. The molecule has 0 aromatic heterocycles. The Labute approximate surface area is 122 Å². The summed E-state index contributed by atoms with van der Waals surface area (Å²) in [6, 6.07) is 9.62. The normalized spacial score (nSPS) is 10.0. The Morgan fingerprint density at radius 2 is 1.90 bits per heavy atom. The van der Waals surface area contributed by atoms with Crippen LogP contribution < -0.4 is 4.74 Å². The lowest BCUT2D eigenvalue weighted by Crippen LogP contribution is -2.01. The number of ether oxygens (including phenoxy) is 1. The molecule has 4 heteroatoms. The van der Waals surface area contributed by atoms with Gasteiger partial charge in [0.1, 0.15) is 30.5 Å². The summed E-state index contributed by atoms with van der Waals surface area (Å²) in [7, 11) is 0. The van der Waals surface area contributed by atoms with Gasteiger partial charge in [0.05, 0.1) is 5.56 Å². The first-order valence-electron chi connectivity index (χ1n) is 6.43. The second-order valence-corrected chi connectivity index (χ2v) is 4.82. The average molecular weight is 283 g/mol. The Morgan fingerprint density at radius 3 is 2.48 bits per heavy atom. The highest BCUT2D eigenvalue weighted by Crippen LogP contribution is 2.25. The molecular formula is C17H14FNO2. The third-order valence-corrected chi connectivity index (χ3v) is 3.15. The van der Waals surface area contributed by atoms with E-state index in [2.05, 4.69) is 0 Å². The monoisotopic (exact) mass is 283 g/mol. The van der Waals surface area contributed by atoms with Crippen LogP contribution in [0.3, 0.4) is 0 Å². The van der Waals surface area contributed by atoms with E-state index in [1.54, 1.807) is 24.3 Å². The quantitative estimate of drug-likeness (QED) is 0.804. The summed E-state index contributed by atoms with van der Waals surface area (Å²) in [5.74, 6) is 0.160. The van der Waals surface area contributed by atoms with Gasteiger partial charge in [0, 0.05) is 5.56 Å². The number of halogens is 1. The predicted octanol–water partition coefficient (Wildman–Crippen LogP) is 3.71. The van der Waals surface area contributed by atoms with Gasteiger partial charge in [-0.15, -0.1) is 0 Å². The van der Waals surface area contributed by atoms with Crippen LogP contribution in [0.15, 0.2) is 30.3 Å². The van der Waals surface area contributed by atoms with Crippen molar-refractivity contribution in [1.82, 2.24) is 0 Å². The van der Waals surface area contributed by atoms with Gasteiger partial charge >= 0.3 is 0 Å². The lowest BCUT2D eigenvalue weighted by atomic mass is 10.1. The first-order chi connectivity index (χ1) is 10.0. The molecular weight excluding hydrogens is 269 g/mol. The topological polar surface area (TPSA) is 50.1 Å². The van der Waals surface area contributed by atoms with Crippen molar-refractivity contribution in [3.05, 3.63) is 64.0 Å². The van der Waals surface area contributed by atoms with Crippen LogP contribution in [0, 0.1) is 31.0 Å². The van der Waals surface area contributed by atoms with Crippen LogP contribution in [-0.4, -0.2) is 6.29 Å². The van der Waals surface area contributed by atoms with Crippen LogP contribution >= 0.6 is 0 Å². The lowest BCUT2D eigenvalue weighted by Gasteiger charge is -2.13. The molecule has 0 saturated carbocycles. The molecule has 0 saturated heterocycles. The van der Waals surface area contributed by atoms with E-state index >= 15 is 0 Å². The molecule has 0 aliphatic heterocycles. The minimum Gasteiger partial charge on any atom is -0.488 e. The Morgan fingerprint density at radius 1 is 1.24 bits per heavy atom. The van der Waals surface area contributed by atoms with Gasteiger partial charge in [-0.3, -0.25) is 4.79 Å². The van der Waals surface area contributed by atoms with Crippen molar-refractivity contribution in [2.75, 3.05) is 0 Å². The standard InChI is InChI=1S/C17H14FNO2/c1-11-5-14(9-20)6-12(2)17(11)21-10-13-3-4-16(18)15(7-13)8-19/h3-7,9H,10H2,1-2H3. The molecule has 3 nitrogen and oxygen atoms in total. The lowest BCUT2D eigenvalue weighted by molar-refractivity contribution is 0.112. The van der Waals surface area contributed by atoms with Crippen LogP contribution in [0.25, 0.3) is 0 Å². The molecule has 0 atom stereocenters. The van der Waals surface area contributed by atoms with Crippen molar-refractivity contribution in [3.63, 3.8) is 0 Å². The van der Waals surface area contributed by atoms with E-state index in [1.165, 1.54) is 12.1 Å². The van der Waals surface area contributed by atoms with Crippen LogP contribution in [0.5, 0.6) is 5.75 Å². The zero-order valence-electron chi connectivity index (χ0n) is 11.8. The molecule has 2 aromatic carbocycles. The van der Waals surface area contributed by atoms with E-state index in [1.807, 2.05) is 13.8 Å². The van der Waals surface area contributed by atoms with Gasteiger partial charge < -0.3 is 4.74 Å². The van der Waals surface area contributed by atoms with E-state index in [-0.39, 0.29) is 12.2 Å². The second-order valence-electron chi connectivity index (χ2n) is 4.82. The summed E-state index contributed by atoms with van der Waals surface area (Å²) < 4.78 is 19.0. The molecule has 21 heavy (non-hydrogen) atoms. The summed E-state index contributed by atoms with van der Waals surface area (Å²) >= 11 is 0. The Kier molecular flexibility index (Phi) is 4.34. The van der Waals surface area contributed by atoms with Gasteiger partial charge in [0.2, 0.25) is 0 Å². The molecule has 2 rings (SSSR count). The van der Waals surface area contributed by atoms with Gasteiger partial charge in [0.15, 0.2) is 0 Å². The van der Waals surface area contributed by atoms with Crippen molar-refractivity contribution in [3.8, 4) is 11.8 Å². The number of rotatable bonds is 4. The third kappa shape index (κ3) is 3.26. The maximum absolute atomic E-state index is 13.2. The first-order valence-corrected chi connectivity index (χ1v) is 6.43. The maximum Gasteiger partial charge on any atom is 0.150 e. The fourth-order valence-corrected chi connectivity index (χ4v) is 2.18. The van der Waals surface area contributed by atoms with Crippen molar-refractivity contribution in [1.29, 1.82) is 5.26 Å². The first kappa shape index (κ1) is 14.7. The average Bonchev–Trinajstić information content (AvgIpc) is 2.47. The number of aldehydes is 1. The minimum atomic E-state index is -0.538. The van der Waals surface area contributed by atoms with Gasteiger partial charge in [-0.2, -0.15) is 5.26 Å². The van der Waals surface area contributed by atoms with E-state index < -0.39 is 5.82 Å². The highest BCUT2D eigenvalue weighted by molar-refractivity contribution is 5.76. The van der Waals surface area contributed by atoms with Gasteiger partial charge in [-0.1, -0.05) is 6.07 Å². The molecule has 2 aromatic rings. The van der Waals surface area contributed by atoms with Crippen LogP contribution in [0.1, 0.15) is 32.6 Å². The predicted molar refractivity (Wildman–Crippen MR) is 76.8 cm³/mol. The molecule has 0 amide bonds. The summed E-state index contributed by atoms with van der Waals surface area (Å²) in [5.41, 5.74) is 3.04. The summed E-state index contributed by atoms with van der Waals surface area (Å²) in [6.45, 7) is 3.96. The number of carbonyl (C=O) groups excluding carboxylic acids is 1. The van der Waals surface area contributed by atoms with Gasteiger partial charge in [0.25, 0.3) is 0 Å². The van der Waals surface area contributed by atoms with Gasteiger partial charge in [-0.05, 0) is 54.8 Å². The molecule has 0 heterocycles. The highest BCUT2D eigenvalue weighted by Gasteiger charge is 2.08. The summed E-state index contributed by atoms with van der Waals surface area (Å²) in [5, 5.41) is 8.81. The van der Waals surface area contributed by atoms with Crippen LogP contribution in [0.2, 0.25) is 0 Å². The number of nitriles is 1. The molecule has 0 radical (unpaired) electrons. The second kappa shape index (κ2) is 6.19. The van der Waals surface area contributed by atoms with Crippen molar-refractivity contribution >= 4 is 6.29 Å². The van der Waals surface area contributed by atoms with Crippen LogP contribution in [-0.2, 0) is 6.61 Å². The molecule has 0 aliphatic rings. The van der Waals surface area contributed by atoms with Crippen LogP contribution in [0.4, 0.5) is 4.39 Å². The van der Waals surface area contributed by atoms with E-state index in [9.17, 15) is 9.18 Å². The van der Waals surface area contributed by atoms with E-state index in [0.717, 1.165) is 17.4 Å². The Hall–Kier alpha value is -2.67. The third-order valence-electron chi connectivity index (χ3n) is 3.15. The highest BCUT2D eigenvalue weighted by atomic mass is 19.1. The number of hydrogen-bond donors (Lipinski definition) is 0. The summed E-state index contributed by atoms with van der Waals surface area (Å²) in [6.07, 6.45) is 0.795. The van der Waals surface area contributed by atoms with Crippen molar-refractivity contribution in [2.45, 2.75) is 20.5 Å². The molecule has 0 unspecified atom stereocenters. The fraction of sp³-hybridized carbons (Fsp3) is 0.176. The fourth-order valence-electron chi connectivity index (χ4n) is 2.18. The smallest absolute Gasteiger partial charge is 0.150 e. The number of carbonyl (C=O) groups is 1. The summed E-state index contributed by atoms with van der Waals surface area (Å²) in [4.78, 5) is 10.8. The molecule has 0 spiro atoms. The SMILES string of the molecule is Cc1cc(C=O)cc(C)c1OCc1ccc(F)c(C#N)c1. The van der Waals surface area contributed by atoms with Crippen molar-refractivity contribution < 1.29 is 13.9 Å². The number of hydrogen-bond acceptors (Lipinski definition) is 3. The Bertz CT molecular complexity index is 709. The number of aryl methyl sites for hydroxylation is 2. The van der Waals surface area contributed by atoms with Gasteiger partial charge in [-0.25, -0.2) is 4.39 Å². The minimum absolute atomic E-state index is 0.000784. The zero-order valence-corrected chi connectivity index (χ0v) is 11.8. The molecule has 106 valence electrons.